The molecule has 80 valence electrons. The van der Waals surface area contributed by atoms with Gasteiger partial charge in [0, 0.05) is 23.8 Å². The van der Waals surface area contributed by atoms with E-state index in [0.717, 1.165) is 29.1 Å². The summed E-state index contributed by atoms with van der Waals surface area (Å²) in [5, 5.41) is 5.64. The fourth-order valence-electron chi connectivity index (χ4n) is 1.75. The van der Waals surface area contributed by atoms with E-state index in [0.29, 0.717) is 0 Å². The van der Waals surface area contributed by atoms with Crippen LogP contribution in [0.1, 0.15) is 12.8 Å². The zero-order chi connectivity index (χ0) is 9.54. The summed E-state index contributed by atoms with van der Waals surface area (Å²) in [6, 6.07) is 5.86. The van der Waals surface area contributed by atoms with Gasteiger partial charge in [0.15, 0.2) is 0 Å². The number of nitrogens with zero attached hydrogens (tertiary/aromatic N) is 2. The van der Waals surface area contributed by atoms with Gasteiger partial charge in [-0.3, -0.25) is 4.68 Å². The van der Waals surface area contributed by atoms with Crippen molar-refractivity contribution in [3.63, 3.8) is 0 Å². The largest absolute Gasteiger partial charge is 0.399 e. The van der Waals surface area contributed by atoms with Crippen LogP contribution in [0.15, 0.2) is 24.4 Å². The molecule has 1 aliphatic carbocycles. The molecule has 0 saturated heterocycles. The van der Waals surface area contributed by atoms with Crippen LogP contribution in [0.5, 0.6) is 0 Å². The molecule has 1 aromatic carbocycles. The zero-order valence-electron chi connectivity index (χ0n) is 8.39. The Morgan fingerprint density at radius 1 is 1.40 bits per heavy atom. The monoisotopic (exact) mass is 223 g/mol. The molecule has 2 N–H and O–H groups in total. The molecule has 4 heteroatoms. The normalized spacial score (nSPS) is 15.2. The number of nitrogens with two attached hydrogens (primary N) is 1. The first-order valence-electron chi connectivity index (χ1n) is 5.04. The lowest BCUT2D eigenvalue weighted by Crippen LogP contribution is -1.99. The molecule has 1 aromatic heterocycles. The number of hydrogen-bond acceptors (Lipinski definition) is 2. The van der Waals surface area contributed by atoms with E-state index in [2.05, 4.69) is 11.3 Å². The minimum atomic E-state index is 0. The highest BCUT2D eigenvalue weighted by atomic mass is 35.5. The highest BCUT2D eigenvalue weighted by Gasteiger charge is 2.21. The summed E-state index contributed by atoms with van der Waals surface area (Å²) in [6.45, 7) is 1.06. The molecule has 1 fully saturated rings. The van der Waals surface area contributed by atoms with E-state index in [1.165, 1.54) is 12.8 Å². The maximum Gasteiger partial charge on any atom is 0.0924 e. The van der Waals surface area contributed by atoms with E-state index in [1.54, 1.807) is 0 Å². The average Bonchev–Trinajstić information content (AvgIpc) is 2.84. The topological polar surface area (TPSA) is 43.8 Å². The van der Waals surface area contributed by atoms with Crippen molar-refractivity contribution in [1.29, 1.82) is 0 Å². The second-order valence-corrected chi connectivity index (χ2v) is 4.11. The number of aromatic nitrogens is 2. The van der Waals surface area contributed by atoms with Gasteiger partial charge in [0.2, 0.25) is 0 Å². The Bertz CT molecular complexity index is 474. The smallest absolute Gasteiger partial charge is 0.0924 e. The van der Waals surface area contributed by atoms with E-state index >= 15 is 0 Å². The molecule has 0 amide bonds. The van der Waals surface area contributed by atoms with Crippen molar-refractivity contribution >= 4 is 29.0 Å². The predicted molar refractivity (Wildman–Crippen MR) is 64.1 cm³/mol. The van der Waals surface area contributed by atoms with Gasteiger partial charge in [-0.05, 0) is 37.0 Å². The fourth-order valence-corrected chi connectivity index (χ4v) is 1.75. The number of nitrogen functional groups attached to an aromatic ring is 1. The lowest BCUT2D eigenvalue weighted by molar-refractivity contribution is 0.568. The van der Waals surface area contributed by atoms with Crippen LogP contribution in [-0.4, -0.2) is 9.78 Å². The van der Waals surface area contributed by atoms with Gasteiger partial charge in [0.25, 0.3) is 0 Å². The van der Waals surface area contributed by atoms with Gasteiger partial charge in [0.05, 0.1) is 5.52 Å². The summed E-state index contributed by atoms with van der Waals surface area (Å²) in [5.74, 6) is 0.863. The van der Waals surface area contributed by atoms with Crippen LogP contribution in [0.3, 0.4) is 0 Å². The van der Waals surface area contributed by atoms with Gasteiger partial charge in [-0.2, -0.15) is 5.10 Å². The van der Waals surface area contributed by atoms with Crippen molar-refractivity contribution < 1.29 is 0 Å². The van der Waals surface area contributed by atoms with E-state index < -0.39 is 0 Å². The Morgan fingerprint density at radius 2 is 2.20 bits per heavy atom. The SMILES string of the molecule is Cl.Nc1ccc2nn(CC3CC3)cc2c1. The minimum Gasteiger partial charge on any atom is -0.399 e. The molecule has 1 aliphatic rings. The highest BCUT2D eigenvalue weighted by Crippen LogP contribution is 2.30. The summed E-state index contributed by atoms with van der Waals surface area (Å²) >= 11 is 0. The number of anilines is 1. The van der Waals surface area contributed by atoms with Crippen molar-refractivity contribution in [3.8, 4) is 0 Å². The van der Waals surface area contributed by atoms with Crippen LogP contribution >= 0.6 is 12.4 Å². The van der Waals surface area contributed by atoms with Crippen LogP contribution in [0.25, 0.3) is 10.9 Å². The molecule has 1 heterocycles. The van der Waals surface area contributed by atoms with Gasteiger partial charge >= 0.3 is 0 Å². The van der Waals surface area contributed by atoms with E-state index in [-0.39, 0.29) is 12.4 Å². The Morgan fingerprint density at radius 3 is 2.93 bits per heavy atom. The Hall–Kier alpha value is -1.22. The molecule has 0 radical (unpaired) electrons. The molecule has 1 saturated carbocycles. The third-order valence-electron chi connectivity index (χ3n) is 2.72. The molecular weight excluding hydrogens is 210 g/mol. The van der Waals surface area contributed by atoms with Crippen molar-refractivity contribution in [2.75, 3.05) is 5.73 Å². The Kier molecular flexibility index (Phi) is 2.57. The molecular formula is C11H14ClN3. The number of rotatable bonds is 2. The molecule has 15 heavy (non-hydrogen) atoms. The predicted octanol–water partition coefficient (Wildman–Crippen LogP) is 2.45. The molecule has 3 nitrogen and oxygen atoms in total. The number of fused-ring (bicyclic) bond motifs is 1. The quantitative estimate of drug-likeness (QED) is 0.795. The van der Waals surface area contributed by atoms with Crippen molar-refractivity contribution in [2.45, 2.75) is 19.4 Å². The van der Waals surface area contributed by atoms with Gasteiger partial charge in [-0.15, -0.1) is 12.4 Å². The highest BCUT2D eigenvalue weighted by molar-refractivity contribution is 5.85. The zero-order valence-corrected chi connectivity index (χ0v) is 9.20. The summed E-state index contributed by atoms with van der Waals surface area (Å²) in [4.78, 5) is 0. The maximum absolute atomic E-state index is 5.71. The van der Waals surface area contributed by atoms with Crippen LogP contribution in [0.2, 0.25) is 0 Å². The summed E-state index contributed by atoms with van der Waals surface area (Å²) in [6.07, 6.45) is 4.81. The van der Waals surface area contributed by atoms with Crippen LogP contribution < -0.4 is 5.73 Å². The van der Waals surface area contributed by atoms with Gasteiger partial charge in [-0.1, -0.05) is 0 Å². The summed E-state index contributed by atoms with van der Waals surface area (Å²) in [7, 11) is 0. The van der Waals surface area contributed by atoms with Crippen molar-refractivity contribution in [1.82, 2.24) is 9.78 Å². The van der Waals surface area contributed by atoms with Gasteiger partial charge < -0.3 is 5.73 Å². The molecule has 2 aromatic rings. The fraction of sp³-hybridized carbons (Fsp3) is 0.364. The lowest BCUT2D eigenvalue weighted by Gasteiger charge is -1.95. The van der Waals surface area contributed by atoms with Crippen LogP contribution in [0, 0.1) is 5.92 Å². The molecule has 0 spiro atoms. The molecule has 0 bridgehead atoms. The van der Waals surface area contributed by atoms with Crippen LogP contribution in [0.4, 0.5) is 5.69 Å². The molecule has 3 rings (SSSR count). The van der Waals surface area contributed by atoms with Gasteiger partial charge in [0.1, 0.15) is 0 Å². The first kappa shape index (κ1) is 10.3. The summed E-state index contributed by atoms with van der Waals surface area (Å²) in [5.41, 5.74) is 7.56. The standard InChI is InChI=1S/C11H13N3.ClH/c12-10-3-4-11-9(5-10)7-14(13-11)6-8-1-2-8;/h3-5,7-8H,1-2,6,12H2;1H. The van der Waals surface area contributed by atoms with E-state index in [1.807, 2.05) is 22.9 Å². The first-order valence-corrected chi connectivity index (χ1v) is 5.04. The maximum atomic E-state index is 5.71. The number of halogens is 1. The third kappa shape index (κ3) is 2.07. The van der Waals surface area contributed by atoms with E-state index in [4.69, 9.17) is 5.73 Å². The third-order valence-corrected chi connectivity index (χ3v) is 2.72. The minimum absolute atomic E-state index is 0. The molecule has 0 unspecified atom stereocenters. The number of benzene rings is 1. The average molecular weight is 224 g/mol. The first-order chi connectivity index (χ1) is 6.81. The molecule has 0 aliphatic heterocycles. The van der Waals surface area contributed by atoms with E-state index in [9.17, 15) is 0 Å². The Labute approximate surface area is 94.7 Å². The second kappa shape index (κ2) is 3.74. The number of hydrogen-bond donors (Lipinski definition) is 1. The van der Waals surface area contributed by atoms with Crippen LogP contribution in [-0.2, 0) is 6.54 Å². The lowest BCUT2D eigenvalue weighted by atomic mass is 10.2. The Balaban J connectivity index is 0.000000853. The van der Waals surface area contributed by atoms with Crippen molar-refractivity contribution in [2.24, 2.45) is 5.92 Å². The van der Waals surface area contributed by atoms with Crippen molar-refractivity contribution in [3.05, 3.63) is 24.4 Å². The van der Waals surface area contributed by atoms with Gasteiger partial charge in [-0.25, -0.2) is 0 Å². The second-order valence-electron chi connectivity index (χ2n) is 4.11. The summed E-state index contributed by atoms with van der Waals surface area (Å²) < 4.78 is 2.04. The molecule has 0 atom stereocenters.